The number of likely N-dealkylation sites (N-methyl/N-ethyl adjacent to an activating group) is 1. The van der Waals surface area contributed by atoms with E-state index >= 15 is 0 Å². The van der Waals surface area contributed by atoms with Crippen LogP contribution in [0, 0.1) is 0 Å². The summed E-state index contributed by atoms with van der Waals surface area (Å²) in [5.41, 5.74) is 3.04. The van der Waals surface area contributed by atoms with E-state index in [4.69, 9.17) is 0 Å². The van der Waals surface area contributed by atoms with Crippen molar-refractivity contribution in [1.82, 2.24) is 14.9 Å². The quantitative estimate of drug-likeness (QED) is 0.741. The third kappa shape index (κ3) is 4.10. The molecule has 0 unspecified atom stereocenters. The first-order valence-electron chi connectivity index (χ1n) is 7.10. The summed E-state index contributed by atoms with van der Waals surface area (Å²) in [5.74, 6) is 0.356. The van der Waals surface area contributed by atoms with Gasteiger partial charge in [-0.15, -0.1) is 23.7 Å². The smallest absolute Gasteiger partial charge is 0.268 e. The Kier molecular flexibility index (Phi) is 5.76. The first-order chi connectivity index (χ1) is 10.6. The minimum atomic E-state index is -0.135. The molecule has 0 atom stereocenters. The highest BCUT2D eigenvalue weighted by atomic mass is 35.5. The van der Waals surface area contributed by atoms with Gasteiger partial charge in [0.15, 0.2) is 0 Å². The van der Waals surface area contributed by atoms with Crippen LogP contribution < -0.4 is 5.32 Å². The summed E-state index contributed by atoms with van der Waals surface area (Å²) in [4.78, 5) is 22.6. The molecule has 1 aromatic carbocycles. The largest absolute Gasteiger partial charge is 0.324 e. The van der Waals surface area contributed by atoms with Gasteiger partial charge < -0.3 is 9.88 Å². The number of hydrogen-bond donors (Lipinski definition) is 2. The minimum Gasteiger partial charge on any atom is -0.324 e. The zero-order valence-electron chi connectivity index (χ0n) is 13.0. The van der Waals surface area contributed by atoms with E-state index in [2.05, 4.69) is 40.3 Å². The Morgan fingerprint density at radius 3 is 2.83 bits per heavy atom. The number of carbonyl (C=O) groups is 1. The summed E-state index contributed by atoms with van der Waals surface area (Å²) >= 11 is 1.41. The predicted octanol–water partition coefficient (Wildman–Crippen LogP) is 3.40. The SMILES string of the molecule is CN(C)CCc1cccc2[nH]c(NC(=O)c3cccs3)nc12.Cl. The summed E-state index contributed by atoms with van der Waals surface area (Å²) in [6, 6.07) is 9.72. The molecule has 7 heteroatoms. The summed E-state index contributed by atoms with van der Waals surface area (Å²) in [6.07, 6.45) is 0.924. The first-order valence-corrected chi connectivity index (χ1v) is 7.98. The number of benzene rings is 1. The maximum Gasteiger partial charge on any atom is 0.268 e. The molecule has 2 aromatic heterocycles. The van der Waals surface area contributed by atoms with E-state index in [1.54, 1.807) is 6.07 Å². The van der Waals surface area contributed by atoms with Crippen LogP contribution in [0.5, 0.6) is 0 Å². The van der Waals surface area contributed by atoms with Crippen LogP contribution in [-0.4, -0.2) is 41.4 Å². The molecule has 0 radical (unpaired) electrons. The lowest BCUT2D eigenvalue weighted by molar-refractivity contribution is 0.103. The van der Waals surface area contributed by atoms with Crippen LogP contribution in [0.25, 0.3) is 11.0 Å². The van der Waals surface area contributed by atoms with Gasteiger partial charge in [0.2, 0.25) is 5.95 Å². The molecule has 0 saturated heterocycles. The summed E-state index contributed by atoms with van der Waals surface area (Å²) in [5, 5.41) is 4.70. The molecule has 0 aliphatic heterocycles. The van der Waals surface area contributed by atoms with Crippen LogP contribution in [0.1, 0.15) is 15.2 Å². The number of nitrogens with one attached hydrogen (secondary N) is 2. The molecule has 2 N–H and O–H groups in total. The molecule has 3 rings (SSSR count). The van der Waals surface area contributed by atoms with Crippen LogP contribution in [0.3, 0.4) is 0 Å². The van der Waals surface area contributed by atoms with Crippen molar-refractivity contribution in [3.8, 4) is 0 Å². The number of para-hydroxylation sites is 1. The molecule has 0 spiro atoms. The molecule has 0 bridgehead atoms. The van der Waals surface area contributed by atoms with E-state index in [0.717, 1.165) is 24.0 Å². The Balaban J connectivity index is 0.00000192. The fourth-order valence-electron chi connectivity index (χ4n) is 2.27. The highest BCUT2D eigenvalue weighted by Gasteiger charge is 2.11. The Morgan fingerprint density at radius 1 is 1.30 bits per heavy atom. The Bertz CT molecular complexity index is 783. The van der Waals surface area contributed by atoms with Gasteiger partial charge in [0.25, 0.3) is 5.91 Å². The maximum absolute atomic E-state index is 12.1. The Hall–Kier alpha value is -1.89. The van der Waals surface area contributed by atoms with Crippen molar-refractivity contribution in [3.63, 3.8) is 0 Å². The average Bonchev–Trinajstić information content (AvgIpc) is 3.13. The second-order valence-corrected chi connectivity index (χ2v) is 6.33. The molecule has 1 amide bonds. The zero-order chi connectivity index (χ0) is 15.5. The lowest BCUT2D eigenvalue weighted by Crippen LogP contribution is -2.15. The highest BCUT2D eigenvalue weighted by Crippen LogP contribution is 2.20. The number of aromatic amines is 1. The fraction of sp³-hybridized carbons (Fsp3) is 0.250. The molecule has 0 aliphatic carbocycles. The Labute approximate surface area is 145 Å². The van der Waals surface area contributed by atoms with Crippen LogP contribution in [0.15, 0.2) is 35.7 Å². The van der Waals surface area contributed by atoms with E-state index in [-0.39, 0.29) is 18.3 Å². The molecule has 5 nitrogen and oxygen atoms in total. The van der Waals surface area contributed by atoms with E-state index in [0.29, 0.717) is 10.8 Å². The van der Waals surface area contributed by atoms with E-state index < -0.39 is 0 Å². The van der Waals surface area contributed by atoms with Gasteiger partial charge in [0, 0.05) is 6.54 Å². The predicted molar refractivity (Wildman–Crippen MR) is 97.9 cm³/mol. The van der Waals surface area contributed by atoms with E-state index in [9.17, 15) is 4.79 Å². The molecule has 2 heterocycles. The van der Waals surface area contributed by atoms with Crippen molar-refractivity contribution in [2.75, 3.05) is 26.0 Å². The number of H-pyrrole nitrogens is 1. The minimum absolute atomic E-state index is 0. The van der Waals surface area contributed by atoms with Gasteiger partial charge >= 0.3 is 0 Å². The number of thiophene rings is 1. The average molecular weight is 351 g/mol. The molecule has 23 heavy (non-hydrogen) atoms. The molecule has 122 valence electrons. The van der Waals surface area contributed by atoms with Gasteiger partial charge in [-0.3, -0.25) is 10.1 Å². The summed E-state index contributed by atoms with van der Waals surface area (Å²) in [7, 11) is 4.11. The van der Waals surface area contributed by atoms with Crippen molar-refractivity contribution in [1.29, 1.82) is 0 Å². The molecular weight excluding hydrogens is 332 g/mol. The fourth-order valence-corrected chi connectivity index (χ4v) is 2.89. The second-order valence-electron chi connectivity index (χ2n) is 5.38. The maximum atomic E-state index is 12.1. The van der Waals surface area contributed by atoms with Gasteiger partial charge in [-0.05, 0) is 43.6 Å². The van der Waals surface area contributed by atoms with Crippen LogP contribution in [-0.2, 0) is 6.42 Å². The monoisotopic (exact) mass is 350 g/mol. The number of rotatable bonds is 5. The number of halogens is 1. The molecular formula is C16H19ClN4OS. The third-order valence-electron chi connectivity index (χ3n) is 3.40. The van der Waals surface area contributed by atoms with E-state index in [1.807, 2.05) is 23.6 Å². The topological polar surface area (TPSA) is 61.0 Å². The van der Waals surface area contributed by atoms with Crippen molar-refractivity contribution < 1.29 is 4.79 Å². The van der Waals surface area contributed by atoms with Gasteiger partial charge in [0.05, 0.1) is 15.9 Å². The van der Waals surface area contributed by atoms with Crippen LogP contribution >= 0.6 is 23.7 Å². The van der Waals surface area contributed by atoms with E-state index in [1.165, 1.54) is 16.9 Å². The van der Waals surface area contributed by atoms with Crippen LogP contribution in [0.4, 0.5) is 5.95 Å². The van der Waals surface area contributed by atoms with Crippen molar-refractivity contribution in [2.24, 2.45) is 0 Å². The number of anilines is 1. The first kappa shape index (κ1) is 17.5. The summed E-state index contributed by atoms with van der Waals surface area (Å²) in [6.45, 7) is 0.961. The lowest BCUT2D eigenvalue weighted by atomic mass is 10.1. The zero-order valence-corrected chi connectivity index (χ0v) is 14.6. The molecule has 0 fully saturated rings. The second kappa shape index (κ2) is 7.59. The Morgan fingerprint density at radius 2 is 2.13 bits per heavy atom. The van der Waals surface area contributed by atoms with Crippen LogP contribution in [0.2, 0.25) is 0 Å². The molecule has 3 aromatic rings. The highest BCUT2D eigenvalue weighted by molar-refractivity contribution is 7.12. The number of nitrogens with zero attached hydrogens (tertiary/aromatic N) is 2. The van der Waals surface area contributed by atoms with Crippen molar-refractivity contribution in [2.45, 2.75) is 6.42 Å². The number of aromatic nitrogens is 2. The normalized spacial score (nSPS) is 10.7. The standard InChI is InChI=1S/C16H18N4OS.ClH/c1-20(2)9-8-11-5-3-6-12-14(11)18-16(17-12)19-15(21)13-7-4-10-22-13;/h3-7,10H,8-9H2,1-2H3,(H2,17,18,19,21);1H. The van der Waals surface area contributed by atoms with Gasteiger partial charge in [-0.1, -0.05) is 18.2 Å². The van der Waals surface area contributed by atoms with Gasteiger partial charge in [-0.2, -0.15) is 0 Å². The lowest BCUT2D eigenvalue weighted by Gasteiger charge is -2.09. The van der Waals surface area contributed by atoms with Crippen molar-refractivity contribution in [3.05, 3.63) is 46.2 Å². The molecule has 0 saturated carbocycles. The number of carbonyl (C=O) groups excluding carboxylic acids is 1. The number of hydrogen-bond acceptors (Lipinski definition) is 4. The van der Waals surface area contributed by atoms with Gasteiger partial charge in [0.1, 0.15) is 0 Å². The van der Waals surface area contributed by atoms with Crippen molar-refractivity contribution >= 4 is 46.6 Å². The third-order valence-corrected chi connectivity index (χ3v) is 4.27. The summed E-state index contributed by atoms with van der Waals surface area (Å²) < 4.78 is 0. The number of imidazole rings is 1. The number of fused-ring (bicyclic) bond motifs is 1. The molecule has 0 aliphatic rings. The van der Waals surface area contributed by atoms with Gasteiger partial charge in [-0.25, -0.2) is 4.98 Å². The number of amides is 1.